The molecule has 0 unspecified atom stereocenters. The lowest BCUT2D eigenvalue weighted by molar-refractivity contribution is 0.0704. The van der Waals surface area contributed by atoms with Crippen LogP contribution >= 0.6 is 0 Å². The SMILES string of the molecule is COc1ccc(-c2ccc(C(=O)N3CCC(c4nc5ccccc5[nH]4)CC3)cc2)c(OC)c1.O=C(c1ccc(-c2ccccc2)cc1)N1CCC(c2ncc[nH]2)CC1. The molecule has 2 aromatic heterocycles. The van der Waals surface area contributed by atoms with E-state index < -0.39 is 0 Å². The number of carbonyl (C=O) groups excluding carboxylic acids is 2. The van der Waals surface area contributed by atoms with Crippen LogP contribution in [0.1, 0.15) is 69.9 Å². The van der Waals surface area contributed by atoms with Gasteiger partial charge in [-0.2, -0.15) is 0 Å². The minimum Gasteiger partial charge on any atom is -0.497 e. The number of likely N-dealkylation sites (tertiary alicyclic amines) is 2. The van der Waals surface area contributed by atoms with E-state index in [9.17, 15) is 9.59 Å². The molecule has 58 heavy (non-hydrogen) atoms. The number of imidazole rings is 2. The maximum absolute atomic E-state index is 13.1. The average molecular weight is 773 g/mol. The summed E-state index contributed by atoms with van der Waals surface area (Å²) in [4.78, 5) is 45.5. The second-order valence-corrected chi connectivity index (χ2v) is 14.8. The molecule has 0 atom stereocenters. The van der Waals surface area contributed by atoms with Gasteiger partial charge in [0, 0.05) is 73.2 Å². The first-order chi connectivity index (χ1) is 28.5. The van der Waals surface area contributed by atoms with Gasteiger partial charge in [0.15, 0.2) is 0 Å². The Morgan fingerprint density at radius 1 is 0.621 bits per heavy atom. The van der Waals surface area contributed by atoms with Crippen LogP contribution in [0.15, 0.2) is 134 Å². The Morgan fingerprint density at radius 3 is 1.76 bits per heavy atom. The van der Waals surface area contributed by atoms with Gasteiger partial charge in [0.2, 0.25) is 0 Å². The molecule has 294 valence electrons. The van der Waals surface area contributed by atoms with Crippen molar-refractivity contribution in [3.05, 3.63) is 156 Å². The molecular weight excluding hydrogens is 725 g/mol. The molecule has 0 radical (unpaired) electrons. The van der Waals surface area contributed by atoms with Crippen LogP contribution in [0, 0.1) is 0 Å². The van der Waals surface area contributed by atoms with Crippen LogP contribution in [-0.4, -0.2) is 81.9 Å². The zero-order valence-electron chi connectivity index (χ0n) is 32.9. The molecule has 10 nitrogen and oxygen atoms in total. The number of benzene rings is 5. The summed E-state index contributed by atoms with van der Waals surface area (Å²) in [6, 6.07) is 39.7. The molecule has 5 aromatic carbocycles. The molecule has 2 aliphatic heterocycles. The highest BCUT2D eigenvalue weighted by Crippen LogP contribution is 2.34. The third-order valence-electron chi connectivity index (χ3n) is 11.4. The summed E-state index contributed by atoms with van der Waals surface area (Å²) in [5.74, 6) is 4.53. The summed E-state index contributed by atoms with van der Waals surface area (Å²) in [5, 5.41) is 0. The largest absolute Gasteiger partial charge is 0.497 e. The van der Waals surface area contributed by atoms with Crippen LogP contribution in [0.25, 0.3) is 33.3 Å². The van der Waals surface area contributed by atoms with Gasteiger partial charge in [-0.3, -0.25) is 9.59 Å². The smallest absolute Gasteiger partial charge is 0.253 e. The number of aromatic nitrogens is 4. The number of para-hydroxylation sites is 2. The van der Waals surface area contributed by atoms with Crippen molar-refractivity contribution in [3.8, 4) is 33.8 Å². The third kappa shape index (κ3) is 8.51. The predicted molar refractivity (Wildman–Crippen MR) is 227 cm³/mol. The maximum Gasteiger partial charge on any atom is 0.253 e. The summed E-state index contributed by atoms with van der Waals surface area (Å²) in [6.45, 7) is 3.03. The summed E-state index contributed by atoms with van der Waals surface area (Å²) >= 11 is 0. The number of carbonyl (C=O) groups is 2. The highest BCUT2D eigenvalue weighted by Gasteiger charge is 2.27. The zero-order chi connectivity index (χ0) is 39.8. The van der Waals surface area contributed by atoms with Crippen molar-refractivity contribution >= 4 is 22.8 Å². The molecule has 2 aliphatic rings. The Balaban J connectivity index is 0.000000168. The highest BCUT2D eigenvalue weighted by atomic mass is 16.5. The van der Waals surface area contributed by atoms with Gasteiger partial charge < -0.3 is 29.2 Å². The molecule has 2 saturated heterocycles. The van der Waals surface area contributed by atoms with Gasteiger partial charge in [-0.05, 0) is 90.9 Å². The summed E-state index contributed by atoms with van der Waals surface area (Å²) in [6.07, 6.45) is 7.39. The molecular formula is C48H48N6O4. The minimum atomic E-state index is 0.0753. The molecule has 0 saturated carbocycles. The number of H-pyrrole nitrogens is 2. The number of nitrogens with zero attached hydrogens (tertiary/aromatic N) is 4. The van der Waals surface area contributed by atoms with Crippen LogP contribution in [0.3, 0.4) is 0 Å². The van der Waals surface area contributed by atoms with Crippen LogP contribution in [0.2, 0.25) is 0 Å². The van der Waals surface area contributed by atoms with Crippen LogP contribution < -0.4 is 9.47 Å². The Morgan fingerprint density at radius 2 is 1.19 bits per heavy atom. The first-order valence-corrected chi connectivity index (χ1v) is 20.0. The number of methoxy groups -OCH3 is 2. The molecule has 7 aromatic rings. The van der Waals surface area contributed by atoms with Crippen LogP contribution in [0.4, 0.5) is 0 Å². The second kappa shape index (κ2) is 17.6. The number of piperidine rings is 2. The number of rotatable bonds is 8. The molecule has 2 amide bonds. The Kier molecular flexibility index (Phi) is 11.6. The van der Waals surface area contributed by atoms with E-state index in [2.05, 4.69) is 33.2 Å². The average Bonchev–Trinajstić information content (AvgIpc) is 4.01. The van der Waals surface area contributed by atoms with E-state index >= 15 is 0 Å². The quantitative estimate of drug-likeness (QED) is 0.159. The number of hydrogen-bond acceptors (Lipinski definition) is 6. The van der Waals surface area contributed by atoms with E-state index in [-0.39, 0.29) is 11.8 Å². The first-order valence-electron chi connectivity index (χ1n) is 20.0. The fourth-order valence-corrected chi connectivity index (χ4v) is 8.01. The standard InChI is InChI=1S/C27H27N3O3.C21H21N3O/c1-32-21-11-12-22(25(17-21)33-2)18-7-9-20(10-8-18)27(31)30-15-13-19(14-16-30)26-28-23-5-3-4-6-24(23)29-26;25-21(24-14-10-18(11-15-24)20-22-12-13-23-20)19-8-6-17(7-9-19)16-4-2-1-3-5-16/h3-12,17,19H,13-16H2,1-2H3,(H,28,29);1-9,12-13,18H,10-11,14-15H2,(H,22,23). The Hall–Kier alpha value is -6.68. The Bertz CT molecular complexity index is 2400. The van der Waals surface area contributed by atoms with Crippen LogP contribution in [0.5, 0.6) is 11.5 Å². The third-order valence-corrected chi connectivity index (χ3v) is 11.4. The molecule has 4 heterocycles. The zero-order valence-corrected chi connectivity index (χ0v) is 32.9. The maximum atomic E-state index is 13.1. The topological polar surface area (TPSA) is 116 Å². The van der Waals surface area contributed by atoms with Crippen molar-refractivity contribution in [2.75, 3.05) is 40.4 Å². The number of amides is 2. The van der Waals surface area contributed by atoms with Crippen molar-refractivity contribution in [2.45, 2.75) is 37.5 Å². The van der Waals surface area contributed by atoms with E-state index in [4.69, 9.17) is 14.5 Å². The van der Waals surface area contributed by atoms with Gasteiger partial charge >= 0.3 is 0 Å². The van der Waals surface area contributed by atoms with E-state index in [1.54, 1.807) is 20.4 Å². The molecule has 0 spiro atoms. The molecule has 2 fully saturated rings. The van der Waals surface area contributed by atoms with Gasteiger partial charge in [-0.25, -0.2) is 9.97 Å². The highest BCUT2D eigenvalue weighted by molar-refractivity contribution is 5.95. The van der Waals surface area contributed by atoms with Gasteiger partial charge in [-0.1, -0.05) is 66.7 Å². The van der Waals surface area contributed by atoms with Gasteiger partial charge in [-0.15, -0.1) is 0 Å². The van der Waals surface area contributed by atoms with Crippen molar-refractivity contribution in [1.82, 2.24) is 29.7 Å². The van der Waals surface area contributed by atoms with Gasteiger partial charge in [0.05, 0.1) is 25.3 Å². The lowest BCUT2D eigenvalue weighted by atomic mass is 9.95. The normalized spacial score (nSPS) is 14.8. The monoisotopic (exact) mass is 772 g/mol. The summed E-state index contributed by atoms with van der Waals surface area (Å²) in [5.41, 5.74) is 7.79. The summed E-state index contributed by atoms with van der Waals surface area (Å²) < 4.78 is 10.8. The lowest BCUT2D eigenvalue weighted by Crippen LogP contribution is -2.38. The molecule has 9 rings (SSSR count). The van der Waals surface area contributed by atoms with Gasteiger partial charge in [0.1, 0.15) is 23.1 Å². The summed E-state index contributed by atoms with van der Waals surface area (Å²) in [7, 11) is 3.28. The van der Waals surface area contributed by atoms with Crippen molar-refractivity contribution in [1.29, 1.82) is 0 Å². The second-order valence-electron chi connectivity index (χ2n) is 14.8. The van der Waals surface area contributed by atoms with Crippen molar-refractivity contribution < 1.29 is 19.1 Å². The fraction of sp³-hybridized carbons (Fsp3) is 0.250. The number of hydrogen-bond donors (Lipinski definition) is 2. The fourth-order valence-electron chi connectivity index (χ4n) is 8.01. The number of nitrogens with one attached hydrogen (secondary N) is 2. The van der Waals surface area contributed by atoms with Crippen molar-refractivity contribution in [2.24, 2.45) is 0 Å². The lowest BCUT2D eigenvalue weighted by Gasteiger charge is -2.31. The number of fused-ring (bicyclic) bond motifs is 1. The molecule has 2 N–H and O–H groups in total. The van der Waals surface area contributed by atoms with E-state index in [1.165, 1.54) is 5.56 Å². The Labute approximate surface area is 338 Å². The van der Waals surface area contributed by atoms with Crippen molar-refractivity contribution in [3.63, 3.8) is 0 Å². The number of aromatic amines is 2. The van der Waals surface area contributed by atoms with E-state index in [0.29, 0.717) is 17.4 Å². The number of ether oxygens (including phenoxy) is 2. The van der Waals surface area contributed by atoms with Gasteiger partial charge in [0.25, 0.3) is 11.8 Å². The van der Waals surface area contributed by atoms with E-state index in [0.717, 1.165) is 108 Å². The molecule has 0 bridgehead atoms. The molecule has 10 heteroatoms. The molecule has 0 aliphatic carbocycles. The minimum absolute atomic E-state index is 0.0753. The predicted octanol–water partition coefficient (Wildman–Crippen LogP) is 9.36. The van der Waals surface area contributed by atoms with Crippen LogP contribution in [-0.2, 0) is 0 Å². The van der Waals surface area contributed by atoms with E-state index in [1.807, 2.05) is 119 Å². The first kappa shape index (κ1) is 38.2.